The number of hydrogen-bond acceptors (Lipinski definition) is 5. The first-order chi connectivity index (χ1) is 9.76. The molecule has 5 heteroatoms. The van der Waals surface area contributed by atoms with Gasteiger partial charge in [-0.05, 0) is 18.7 Å². The summed E-state index contributed by atoms with van der Waals surface area (Å²) in [6, 6.07) is 7.24. The smallest absolute Gasteiger partial charge is 0.162 e. The molecule has 0 aromatic heterocycles. The van der Waals surface area contributed by atoms with Gasteiger partial charge in [0.25, 0.3) is 0 Å². The van der Waals surface area contributed by atoms with Crippen LogP contribution in [-0.4, -0.2) is 51.0 Å². The first-order valence-corrected chi connectivity index (χ1v) is 6.81. The number of hydrogen-bond donors (Lipinski definition) is 0. The number of methoxy groups -OCH3 is 1. The van der Waals surface area contributed by atoms with Crippen LogP contribution in [0.2, 0.25) is 0 Å². The maximum atomic E-state index is 8.87. The summed E-state index contributed by atoms with van der Waals surface area (Å²) >= 11 is 0. The monoisotopic (exact) mass is 276 g/mol. The maximum Gasteiger partial charge on any atom is 0.162 e. The van der Waals surface area contributed by atoms with E-state index in [1.807, 2.05) is 0 Å². The molecule has 1 aliphatic heterocycles. The second-order valence-corrected chi connectivity index (χ2v) is 4.67. The third-order valence-electron chi connectivity index (χ3n) is 3.39. The molecule has 1 aliphatic rings. The second-order valence-electron chi connectivity index (χ2n) is 4.67. The Morgan fingerprint density at radius 3 is 3.00 bits per heavy atom. The van der Waals surface area contributed by atoms with Crippen LogP contribution in [0, 0.1) is 11.3 Å². The lowest BCUT2D eigenvalue weighted by Gasteiger charge is -2.31. The van der Waals surface area contributed by atoms with E-state index in [1.165, 1.54) is 0 Å². The van der Waals surface area contributed by atoms with Gasteiger partial charge in [-0.25, -0.2) is 0 Å². The number of likely N-dealkylation sites (N-methyl/N-ethyl adjacent to an activating group) is 1. The maximum absolute atomic E-state index is 8.87. The summed E-state index contributed by atoms with van der Waals surface area (Å²) in [5.74, 6) is 1.22. The fourth-order valence-electron chi connectivity index (χ4n) is 2.21. The first kappa shape index (κ1) is 14.6. The highest BCUT2D eigenvalue weighted by atomic mass is 16.5. The van der Waals surface area contributed by atoms with Crippen LogP contribution in [0.1, 0.15) is 12.5 Å². The van der Waals surface area contributed by atoms with Crippen molar-refractivity contribution in [1.82, 2.24) is 4.90 Å². The lowest BCUT2D eigenvalue weighted by Crippen LogP contribution is -2.44. The van der Waals surface area contributed by atoms with Crippen molar-refractivity contribution in [3.63, 3.8) is 0 Å². The Bertz CT molecular complexity index is 484. The number of benzene rings is 1. The molecule has 0 spiro atoms. The van der Waals surface area contributed by atoms with E-state index < -0.39 is 0 Å². The molecule has 0 saturated carbocycles. The van der Waals surface area contributed by atoms with E-state index in [2.05, 4.69) is 17.9 Å². The number of nitrogens with zero attached hydrogens (tertiary/aromatic N) is 2. The molecular weight excluding hydrogens is 256 g/mol. The highest BCUT2D eigenvalue weighted by molar-refractivity contribution is 5.46. The van der Waals surface area contributed by atoms with Crippen molar-refractivity contribution in [3.05, 3.63) is 23.8 Å². The average molecular weight is 276 g/mol. The molecule has 108 valence electrons. The number of ether oxygens (including phenoxy) is 3. The van der Waals surface area contributed by atoms with Crippen LogP contribution >= 0.6 is 0 Å². The first-order valence-electron chi connectivity index (χ1n) is 6.81. The third-order valence-corrected chi connectivity index (χ3v) is 3.39. The lowest BCUT2D eigenvalue weighted by atomic mass is 10.2. The van der Waals surface area contributed by atoms with Crippen LogP contribution in [0.5, 0.6) is 11.5 Å². The zero-order valence-electron chi connectivity index (χ0n) is 12.0. The zero-order chi connectivity index (χ0) is 14.4. The fraction of sp³-hybridized carbons (Fsp3) is 0.533. The quantitative estimate of drug-likeness (QED) is 0.818. The Balaban J connectivity index is 1.95. The molecule has 0 radical (unpaired) electrons. The van der Waals surface area contributed by atoms with Gasteiger partial charge in [0.15, 0.2) is 11.5 Å². The Hall–Kier alpha value is -1.77. The largest absolute Gasteiger partial charge is 0.493 e. The summed E-state index contributed by atoms with van der Waals surface area (Å²) in [4.78, 5) is 2.34. The summed E-state index contributed by atoms with van der Waals surface area (Å²) in [6.07, 6.45) is 0.0732. The standard InChI is InChI=1S/C15H20N2O3/c1-3-17-6-7-19-13(10-17)11-20-14-5-4-12(9-16)8-15(14)18-2/h4-5,8,13H,3,6-7,10-11H2,1-2H3. The average Bonchev–Trinajstić information content (AvgIpc) is 2.52. The molecular formula is C15H20N2O3. The zero-order valence-corrected chi connectivity index (χ0v) is 12.0. The summed E-state index contributed by atoms with van der Waals surface area (Å²) < 4.78 is 16.7. The van der Waals surface area contributed by atoms with Gasteiger partial charge in [-0.15, -0.1) is 0 Å². The molecule has 1 unspecified atom stereocenters. The Labute approximate surface area is 119 Å². The van der Waals surface area contributed by atoms with E-state index in [9.17, 15) is 0 Å². The van der Waals surface area contributed by atoms with Crippen LogP contribution in [0.15, 0.2) is 18.2 Å². The van der Waals surface area contributed by atoms with Crippen molar-refractivity contribution in [2.75, 3.05) is 40.0 Å². The second kappa shape index (κ2) is 7.13. The van der Waals surface area contributed by atoms with Crippen LogP contribution in [0.25, 0.3) is 0 Å². The van der Waals surface area contributed by atoms with Gasteiger partial charge in [0.05, 0.1) is 25.3 Å². The minimum Gasteiger partial charge on any atom is -0.493 e. The minimum atomic E-state index is 0.0732. The Kier molecular flexibility index (Phi) is 5.22. The molecule has 1 aromatic rings. The van der Waals surface area contributed by atoms with Gasteiger partial charge in [-0.1, -0.05) is 6.92 Å². The van der Waals surface area contributed by atoms with Gasteiger partial charge < -0.3 is 14.2 Å². The molecule has 0 N–H and O–H groups in total. The van der Waals surface area contributed by atoms with E-state index in [0.717, 1.165) is 26.2 Å². The summed E-state index contributed by atoms with van der Waals surface area (Å²) in [6.45, 7) is 6.26. The van der Waals surface area contributed by atoms with Gasteiger partial charge in [0.1, 0.15) is 12.7 Å². The van der Waals surface area contributed by atoms with E-state index in [4.69, 9.17) is 19.5 Å². The lowest BCUT2D eigenvalue weighted by molar-refractivity contribution is -0.0466. The van der Waals surface area contributed by atoms with Gasteiger partial charge in [-0.2, -0.15) is 5.26 Å². The van der Waals surface area contributed by atoms with Crippen LogP contribution in [-0.2, 0) is 4.74 Å². The molecule has 1 atom stereocenters. The molecule has 1 aromatic carbocycles. The van der Waals surface area contributed by atoms with Crippen molar-refractivity contribution in [2.45, 2.75) is 13.0 Å². The van der Waals surface area contributed by atoms with Gasteiger partial charge >= 0.3 is 0 Å². The number of rotatable bonds is 5. The predicted molar refractivity (Wildman–Crippen MR) is 75.1 cm³/mol. The summed E-state index contributed by atoms with van der Waals surface area (Å²) in [5, 5.41) is 8.87. The molecule has 0 amide bonds. The summed E-state index contributed by atoms with van der Waals surface area (Å²) in [5.41, 5.74) is 0.556. The van der Waals surface area contributed by atoms with E-state index in [1.54, 1.807) is 25.3 Å². The van der Waals surface area contributed by atoms with Crippen LogP contribution in [0.4, 0.5) is 0 Å². The Morgan fingerprint density at radius 1 is 1.45 bits per heavy atom. The molecule has 2 rings (SSSR count). The highest BCUT2D eigenvalue weighted by Gasteiger charge is 2.20. The molecule has 1 saturated heterocycles. The van der Waals surface area contributed by atoms with Crippen molar-refractivity contribution >= 4 is 0 Å². The predicted octanol–water partition coefficient (Wildman–Crippen LogP) is 1.67. The molecule has 1 fully saturated rings. The highest BCUT2D eigenvalue weighted by Crippen LogP contribution is 2.28. The SMILES string of the molecule is CCN1CCOC(COc2ccc(C#N)cc2OC)C1. The van der Waals surface area contributed by atoms with Crippen LogP contribution < -0.4 is 9.47 Å². The molecule has 1 heterocycles. The van der Waals surface area contributed by atoms with Gasteiger partial charge in [-0.3, -0.25) is 4.90 Å². The molecule has 20 heavy (non-hydrogen) atoms. The van der Waals surface area contributed by atoms with Crippen molar-refractivity contribution in [3.8, 4) is 17.6 Å². The fourth-order valence-corrected chi connectivity index (χ4v) is 2.21. The normalized spacial score (nSPS) is 19.4. The molecule has 0 aliphatic carbocycles. The van der Waals surface area contributed by atoms with Crippen LogP contribution in [0.3, 0.4) is 0 Å². The van der Waals surface area contributed by atoms with E-state index >= 15 is 0 Å². The summed E-state index contributed by atoms with van der Waals surface area (Å²) in [7, 11) is 1.57. The molecule has 5 nitrogen and oxygen atoms in total. The minimum absolute atomic E-state index is 0.0732. The van der Waals surface area contributed by atoms with E-state index in [-0.39, 0.29) is 6.10 Å². The van der Waals surface area contributed by atoms with Crippen molar-refractivity contribution in [1.29, 1.82) is 5.26 Å². The van der Waals surface area contributed by atoms with Gasteiger partial charge in [0.2, 0.25) is 0 Å². The van der Waals surface area contributed by atoms with E-state index in [0.29, 0.717) is 23.7 Å². The van der Waals surface area contributed by atoms with Crippen molar-refractivity contribution in [2.24, 2.45) is 0 Å². The van der Waals surface area contributed by atoms with Crippen molar-refractivity contribution < 1.29 is 14.2 Å². The Morgan fingerprint density at radius 2 is 2.30 bits per heavy atom. The van der Waals surface area contributed by atoms with Gasteiger partial charge in [0, 0.05) is 19.2 Å². The molecule has 0 bridgehead atoms. The third kappa shape index (κ3) is 3.62. The number of nitriles is 1. The topological polar surface area (TPSA) is 54.7 Å². The number of morpholine rings is 1.